The minimum absolute atomic E-state index is 0.101. The molecule has 1 heterocycles. The lowest BCUT2D eigenvalue weighted by Gasteiger charge is -2.13. The van der Waals surface area contributed by atoms with Crippen molar-refractivity contribution in [3.05, 3.63) is 53.7 Å². The maximum Gasteiger partial charge on any atom is 0.326 e. The second-order valence-corrected chi connectivity index (χ2v) is 4.31. The maximum atomic E-state index is 11.9. The molecule has 1 amide bonds. The van der Waals surface area contributed by atoms with E-state index in [-0.39, 0.29) is 12.1 Å². The van der Waals surface area contributed by atoms with Gasteiger partial charge in [-0.1, -0.05) is 30.3 Å². The van der Waals surface area contributed by atoms with Crippen molar-refractivity contribution in [2.75, 3.05) is 0 Å². The number of aryl methyl sites for hydroxylation is 1. The molecule has 0 aliphatic carbocycles. The highest BCUT2D eigenvalue weighted by atomic mass is 16.4. The molecule has 2 N–H and O–H groups in total. The summed E-state index contributed by atoms with van der Waals surface area (Å²) in [6.07, 6.45) is 1.36. The van der Waals surface area contributed by atoms with E-state index >= 15 is 0 Å². The Kier molecular flexibility index (Phi) is 4.14. The van der Waals surface area contributed by atoms with Crippen molar-refractivity contribution in [1.82, 2.24) is 10.3 Å². The molecule has 6 heteroatoms. The Morgan fingerprint density at radius 1 is 1.35 bits per heavy atom. The highest BCUT2D eigenvalue weighted by Crippen LogP contribution is 2.07. The van der Waals surface area contributed by atoms with Gasteiger partial charge in [-0.25, -0.2) is 9.78 Å². The quantitative estimate of drug-likeness (QED) is 0.860. The normalized spacial score (nSPS) is 11.8. The lowest BCUT2D eigenvalue weighted by molar-refractivity contribution is -0.139. The minimum atomic E-state index is -1.09. The summed E-state index contributed by atoms with van der Waals surface area (Å²) in [5.74, 6) is -1.30. The number of carboxylic acid groups (broad SMARTS) is 1. The summed E-state index contributed by atoms with van der Waals surface area (Å²) in [7, 11) is 0. The van der Waals surface area contributed by atoms with E-state index in [4.69, 9.17) is 4.42 Å². The maximum absolute atomic E-state index is 11.9. The van der Waals surface area contributed by atoms with Crippen molar-refractivity contribution in [2.24, 2.45) is 0 Å². The van der Waals surface area contributed by atoms with E-state index in [1.54, 1.807) is 6.92 Å². The van der Waals surface area contributed by atoms with Gasteiger partial charge < -0.3 is 14.8 Å². The highest BCUT2D eigenvalue weighted by molar-refractivity contribution is 5.95. The number of rotatable bonds is 5. The number of benzene rings is 1. The monoisotopic (exact) mass is 274 g/mol. The fourth-order valence-corrected chi connectivity index (χ4v) is 1.80. The van der Waals surface area contributed by atoms with E-state index in [2.05, 4.69) is 10.3 Å². The predicted molar refractivity (Wildman–Crippen MR) is 70.3 cm³/mol. The van der Waals surface area contributed by atoms with Gasteiger partial charge in [0.25, 0.3) is 5.91 Å². The summed E-state index contributed by atoms with van der Waals surface area (Å²) in [6, 6.07) is 8.08. The average molecular weight is 274 g/mol. The largest absolute Gasteiger partial charge is 0.480 e. The number of oxazole rings is 1. The molecule has 104 valence electrons. The third-order valence-electron chi connectivity index (χ3n) is 2.85. The molecule has 2 rings (SSSR count). The molecule has 2 aromatic rings. The van der Waals surface area contributed by atoms with Crippen molar-refractivity contribution in [3.63, 3.8) is 0 Å². The molecule has 0 fully saturated rings. The van der Waals surface area contributed by atoms with E-state index in [1.807, 2.05) is 30.3 Å². The molecule has 1 atom stereocenters. The second-order valence-electron chi connectivity index (χ2n) is 4.31. The van der Waals surface area contributed by atoms with Gasteiger partial charge in [0.15, 0.2) is 12.1 Å². The van der Waals surface area contributed by atoms with Crippen molar-refractivity contribution in [3.8, 4) is 0 Å². The number of hydrogen-bond acceptors (Lipinski definition) is 4. The highest BCUT2D eigenvalue weighted by Gasteiger charge is 2.23. The van der Waals surface area contributed by atoms with Crippen molar-refractivity contribution < 1.29 is 19.1 Å². The number of nitrogens with zero attached hydrogens (tertiary/aromatic N) is 1. The molecule has 0 saturated carbocycles. The first-order valence-corrected chi connectivity index (χ1v) is 6.05. The molecule has 0 unspecified atom stereocenters. The van der Waals surface area contributed by atoms with Crippen LogP contribution >= 0.6 is 0 Å². The van der Waals surface area contributed by atoms with Gasteiger partial charge in [0.2, 0.25) is 0 Å². The molecule has 20 heavy (non-hydrogen) atoms. The van der Waals surface area contributed by atoms with Gasteiger partial charge in [-0.2, -0.15) is 0 Å². The van der Waals surface area contributed by atoms with E-state index in [0.717, 1.165) is 12.0 Å². The van der Waals surface area contributed by atoms with Crippen LogP contribution in [0.2, 0.25) is 0 Å². The van der Waals surface area contributed by atoms with Gasteiger partial charge in [-0.05, 0) is 12.5 Å². The second kappa shape index (κ2) is 6.01. The standard InChI is InChI=1S/C14H14N2O4/c1-9-12(15-8-20-9)13(17)16-11(14(18)19)7-10-5-3-2-4-6-10/h2-6,8,11H,7H2,1H3,(H,16,17)(H,18,19)/t11-/m1/s1. The fourth-order valence-electron chi connectivity index (χ4n) is 1.80. The van der Waals surface area contributed by atoms with Gasteiger partial charge in [0.1, 0.15) is 11.8 Å². The number of aromatic nitrogens is 1. The topological polar surface area (TPSA) is 92.4 Å². The number of nitrogens with one attached hydrogen (secondary N) is 1. The third-order valence-corrected chi connectivity index (χ3v) is 2.85. The Morgan fingerprint density at radius 2 is 2.05 bits per heavy atom. The zero-order chi connectivity index (χ0) is 14.5. The summed E-state index contributed by atoms with van der Waals surface area (Å²) in [6.45, 7) is 1.59. The SMILES string of the molecule is Cc1ocnc1C(=O)N[C@H](Cc1ccccc1)C(=O)O. The Balaban J connectivity index is 2.09. The molecule has 0 saturated heterocycles. The van der Waals surface area contributed by atoms with E-state index < -0.39 is 17.9 Å². The number of hydrogen-bond donors (Lipinski definition) is 2. The van der Waals surface area contributed by atoms with Crippen LogP contribution in [0, 0.1) is 6.92 Å². The smallest absolute Gasteiger partial charge is 0.326 e. The Morgan fingerprint density at radius 3 is 2.60 bits per heavy atom. The molecule has 6 nitrogen and oxygen atoms in total. The molecular weight excluding hydrogens is 260 g/mol. The van der Waals surface area contributed by atoms with Crippen molar-refractivity contribution in [1.29, 1.82) is 0 Å². The van der Waals surface area contributed by atoms with Gasteiger partial charge in [-0.3, -0.25) is 4.79 Å². The Bertz CT molecular complexity index is 607. The van der Waals surface area contributed by atoms with Gasteiger partial charge in [-0.15, -0.1) is 0 Å². The number of aliphatic carboxylic acids is 1. The van der Waals surface area contributed by atoms with E-state index in [0.29, 0.717) is 5.76 Å². The van der Waals surface area contributed by atoms with Crippen LogP contribution in [-0.4, -0.2) is 28.0 Å². The first-order valence-electron chi connectivity index (χ1n) is 6.05. The lowest BCUT2D eigenvalue weighted by Crippen LogP contribution is -2.42. The number of amides is 1. The molecule has 1 aromatic heterocycles. The third kappa shape index (κ3) is 3.23. The van der Waals surface area contributed by atoms with Crippen LogP contribution in [0.25, 0.3) is 0 Å². The lowest BCUT2D eigenvalue weighted by atomic mass is 10.1. The Hall–Kier alpha value is -2.63. The number of carboxylic acids is 1. The predicted octanol–water partition coefficient (Wildman–Crippen LogP) is 1.41. The van der Waals surface area contributed by atoms with Gasteiger partial charge in [0.05, 0.1) is 0 Å². The zero-order valence-electron chi connectivity index (χ0n) is 10.9. The van der Waals surface area contributed by atoms with E-state index in [1.165, 1.54) is 0 Å². The van der Waals surface area contributed by atoms with Crippen molar-refractivity contribution >= 4 is 11.9 Å². The molecule has 0 bridgehead atoms. The number of carbonyl (C=O) groups is 2. The molecule has 1 aromatic carbocycles. The summed E-state index contributed by atoms with van der Waals surface area (Å²) in [5, 5.41) is 11.6. The van der Waals surface area contributed by atoms with Crippen LogP contribution in [0.3, 0.4) is 0 Å². The van der Waals surface area contributed by atoms with Gasteiger partial charge in [0, 0.05) is 6.42 Å². The Labute approximate surface area is 115 Å². The van der Waals surface area contributed by atoms with Crippen LogP contribution in [0.4, 0.5) is 0 Å². The van der Waals surface area contributed by atoms with Crippen LogP contribution < -0.4 is 5.32 Å². The zero-order valence-corrected chi connectivity index (χ0v) is 10.9. The van der Waals surface area contributed by atoms with Gasteiger partial charge >= 0.3 is 5.97 Å². The van der Waals surface area contributed by atoms with E-state index in [9.17, 15) is 14.7 Å². The first kappa shape index (κ1) is 13.8. The van der Waals surface area contributed by atoms with Crippen LogP contribution in [-0.2, 0) is 11.2 Å². The summed E-state index contributed by atoms with van der Waals surface area (Å²) >= 11 is 0. The minimum Gasteiger partial charge on any atom is -0.480 e. The van der Waals surface area contributed by atoms with Crippen LogP contribution in [0.5, 0.6) is 0 Å². The molecule has 0 spiro atoms. The molecule has 0 aliphatic rings. The molecule has 0 radical (unpaired) electrons. The summed E-state index contributed by atoms with van der Waals surface area (Å²) in [5.41, 5.74) is 0.932. The molecule has 0 aliphatic heterocycles. The van der Waals surface area contributed by atoms with Crippen molar-refractivity contribution in [2.45, 2.75) is 19.4 Å². The molecular formula is C14H14N2O4. The number of carbonyl (C=O) groups excluding carboxylic acids is 1. The average Bonchev–Trinajstić information content (AvgIpc) is 2.85. The summed E-state index contributed by atoms with van der Waals surface area (Å²) < 4.78 is 4.93. The first-order chi connectivity index (χ1) is 9.58. The van der Waals surface area contributed by atoms with Crippen LogP contribution in [0.1, 0.15) is 21.8 Å². The summed E-state index contributed by atoms with van der Waals surface area (Å²) in [4.78, 5) is 26.9. The van der Waals surface area contributed by atoms with Crippen LogP contribution in [0.15, 0.2) is 41.1 Å². The fraction of sp³-hybridized carbons (Fsp3) is 0.214.